The maximum absolute atomic E-state index is 14.0. The van der Waals surface area contributed by atoms with Crippen LogP contribution in [0.25, 0.3) is 0 Å². The second kappa shape index (κ2) is 6.10. The highest BCUT2D eigenvalue weighted by atomic mass is 19.1. The molecule has 0 bridgehead atoms. The van der Waals surface area contributed by atoms with Crippen LogP contribution < -0.4 is 9.47 Å². The highest BCUT2D eigenvalue weighted by Gasteiger charge is 2.15. The van der Waals surface area contributed by atoms with Gasteiger partial charge in [-0.15, -0.1) is 0 Å². The van der Waals surface area contributed by atoms with Gasteiger partial charge in [0.2, 0.25) is 5.88 Å². The van der Waals surface area contributed by atoms with Gasteiger partial charge >= 0.3 is 0 Å². The zero-order chi connectivity index (χ0) is 14.5. The van der Waals surface area contributed by atoms with Gasteiger partial charge < -0.3 is 9.47 Å². The normalized spacial score (nSPS) is 10.2. The molecule has 2 rings (SSSR count). The topological polar surface area (TPSA) is 61.3 Å². The third-order valence-corrected chi connectivity index (χ3v) is 2.75. The van der Waals surface area contributed by atoms with Crippen LogP contribution in [0.4, 0.5) is 4.39 Å². The molecule has 5 nitrogen and oxygen atoms in total. The third kappa shape index (κ3) is 2.90. The number of ether oxygens (including phenoxy) is 2. The van der Waals surface area contributed by atoms with Crippen molar-refractivity contribution in [2.24, 2.45) is 0 Å². The minimum Gasteiger partial charge on any atom is -0.494 e. The summed E-state index contributed by atoms with van der Waals surface area (Å²) in [4.78, 5) is 19.8. The predicted octanol–water partition coefficient (Wildman–Crippen LogP) is 2.06. The van der Waals surface area contributed by atoms with E-state index in [1.54, 1.807) is 6.07 Å². The van der Waals surface area contributed by atoms with Crippen LogP contribution in [0.1, 0.15) is 16.1 Å². The summed E-state index contributed by atoms with van der Waals surface area (Å²) in [5.74, 6) is -0.466. The predicted molar refractivity (Wildman–Crippen MR) is 69.6 cm³/mol. The molecule has 0 unspecified atom stereocenters. The van der Waals surface area contributed by atoms with Crippen LogP contribution in [-0.4, -0.2) is 30.0 Å². The molecule has 104 valence electrons. The Balaban J connectivity index is 2.23. The number of rotatable bonds is 5. The Morgan fingerprint density at radius 3 is 2.75 bits per heavy atom. The summed E-state index contributed by atoms with van der Waals surface area (Å²) in [6, 6.07) is 6.08. The highest BCUT2D eigenvalue weighted by molar-refractivity contribution is 5.96. The molecule has 0 aliphatic carbocycles. The zero-order valence-electron chi connectivity index (χ0n) is 11.1. The van der Waals surface area contributed by atoms with Crippen molar-refractivity contribution in [1.29, 1.82) is 0 Å². The van der Waals surface area contributed by atoms with E-state index in [-0.39, 0.29) is 35.1 Å². The van der Waals surface area contributed by atoms with Crippen molar-refractivity contribution in [2.75, 3.05) is 14.2 Å². The number of carbonyl (C=O) groups is 1. The SMILES string of the molecule is COc1cc(C(=O)Cc2cccc(OC)c2F)ncn1. The van der Waals surface area contributed by atoms with Crippen molar-refractivity contribution in [2.45, 2.75) is 6.42 Å². The third-order valence-electron chi connectivity index (χ3n) is 2.75. The largest absolute Gasteiger partial charge is 0.494 e. The van der Waals surface area contributed by atoms with Gasteiger partial charge in [-0.3, -0.25) is 4.79 Å². The molecule has 20 heavy (non-hydrogen) atoms. The molecule has 0 aliphatic rings. The van der Waals surface area contributed by atoms with E-state index in [2.05, 4.69) is 9.97 Å². The van der Waals surface area contributed by atoms with Gasteiger partial charge in [0, 0.05) is 12.5 Å². The number of aromatic nitrogens is 2. The molecule has 0 radical (unpaired) electrons. The lowest BCUT2D eigenvalue weighted by Crippen LogP contribution is -2.08. The van der Waals surface area contributed by atoms with E-state index in [1.807, 2.05) is 0 Å². The average Bonchev–Trinajstić information content (AvgIpc) is 2.49. The van der Waals surface area contributed by atoms with Gasteiger partial charge in [0.1, 0.15) is 12.0 Å². The Morgan fingerprint density at radius 1 is 1.25 bits per heavy atom. The Morgan fingerprint density at radius 2 is 2.05 bits per heavy atom. The maximum Gasteiger partial charge on any atom is 0.216 e. The van der Waals surface area contributed by atoms with Crippen LogP contribution in [0.2, 0.25) is 0 Å². The molecule has 0 atom stereocenters. The van der Waals surface area contributed by atoms with Crippen LogP contribution in [-0.2, 0) is 6.42 Å². The quantitative estimate of drug-likeness (QED) is 0.782. The van der Waals surface area contributed by atoms with Crippen molar-refractivity contribution < 1.29 is 18.7 Å². The standard InChI is InChI=1S/C14H13FN2O3/c1-19-12-5-3-4-9(14(12)15)6-11(18)10-7-13(20-2)17-8-16-10/h3-5,7-8H,6H2,1-2H3. The highest BCUT2D eigenvalue weighted by Crippen LogP contribution is 2.21. The zero-order valence-corrected chi connectivity index (χ0v) is 11.1. The molecule has 0 fully saturated rings. The minimum atomic E-state index is -0.538. The number of hydrogen-bond acceptors (Lipinski definition) is 5. The molecule has 0 N–H and O–H groups in total. The van der Waals surface area contributed by atoms with Crippen molar-refractivity contribution in [3.05, 3.63) is 47.7 Å². The fourth-order valence-corrected chi connectivity index (χ4v) is 1.72. The first-order valence-corrected chi connectivity index (χ1v) is 5.86. The van der Waals surface area contributed by atoms with Gasteiger partial charge in [-0.2, -0.15) is 0 Å². The monoisotopic (exact) mass is 276 g/mol. The number of methoxy groups -OCH3 is 2. The van der Waals surface area contributed by atoms with E-state index in [4.69, 9.17) is 9.47 Å². The summed E-state index contributed by atoms with van der Waals surface area (Å²) in [5, 5.41) is 0. The smallest absolute Gasteiger partial charge is 0.216 e. The molecule has 6 heteroatoms. The molecule has 0 saturated carbocycles. The summed E-state index contributed by atoms with van der Waals surface area (Å²) in [6.07, 6.45) is 1.12. The molecule has 2 aromatic rings. The Labute approximate surface area is 115 Å². The summed E-state index contributed by atoms with van der Waals surface area (Å²) in [7, 11) is 2.82. The number of carbonyl (C=O) groups excluding carboxylic acids is 1. The fourth-order valence-electron chi connectivity index (χ4n) is 1.72. The van der Waals surface area contributed by atoms with E-state index < -0.39 is 5.82 Å². The lowest BCUT2D eigenvalue weighted by molar-refractivity contribution is 0.0986. The Hall–Kier alpha value is -2.50. The summed E-state index contributed by atoms with van der Waals surface area (Å²) < 4.78 is 23.8. The molecule has 0 spiro atoms. The molecule has 0 saturated heterocycles. The summed E-state index contributed by atoms with van der Waals surface area (Å²) >= 11 is 0. The molecule has 1 heterocycles. The Kier molecular flexibility index (Phi) is 4.24. The van der Waals surface area contributed by atoms with Gasteiger partial charge in [-0.25, -0.2) is 14.4 Å². The molecule has 1 aromatic carbocycles. The number of benzene rings is 1. The lowest BCUT2D eigenvalue weighted by atomic mass is 10.1. The van der Waals surface area contributed by atoms with E-state index in [0.717, 1.165) is 0 Å². The number of hydrogen-bond donors (Lipinski definition) is 0. The fraction of sp³-hybridized carbons (Fsp3) is 0.214. The van der Waals surface area contributed by atoms with Crippen LogP contribution in [0.15, 0.2) is 30.6 Å². The van der Waals surface area contributed by atoms with E-state index in [1.165, 1.54) is 38.7 Å². The molecular weight excluding hydrogens is 263 g/mol. The van der Waals surface area contributed by atoms with Gasteiger partial charge in [0.05, 0.1) is 14.2 Å². The second-order valence-electron chi connectivity index (χ2n) is 3.98. The van der Waals surface area contributed by atoms with Crippen molar-refractivity contribution >= 4 is 5.78 Å². The first-order valence-electron chi connectivity index (χ1n) is 5.86. The van der Waals surface area contributed by atoms with Crippen molar-refractivity contribution in [1.82, 2.24) is 9.97 Å². The number of Topliss-reactive ketones (excluding diaryl/α,β-unsaturated/α-hetero) is 1. The van der Waals surface area contributed by atoms with Gasteiger partial charge in [-0.1, -0.05) is 12.1 Å². The van der Waals surface area contributed by atoms with E-state index in [9.17, 15) is 9.18 Å². The molecule has 0 amide bonds. The van der Waals surface area contributed by atoms with Gasteiger partial charge in [0.15, 0.2) is 17.3 Å². The molecular formula is C14H13FN2O3. The average molecular weight is 276 g/mol. The molecule has 0 aliphatic heterocycles. The van der Waals surface area contributed by atoms with Gasteiger partial charge in [-0.05, 0) is 11.6 Å². The van der Waals surface area contributed by atoms with Crippen LogP contribution >= 0.6 is 0 Å². The molecule has 1 aromatic heterocycles. The van der Waals surface area contributed by atoms with Gasteiger partial charge in [0.25, 0.3) is 0 Å². The van der Waals surface area contributed by atoms with Crippen molar-refractivity contribution in [3.8, 4) is 11.6 Å². The van der Waals surface area contributed by atoms with Crippen LogP contribution in [0, 0.1) is 5.82 Å². The first-order chi connectivity index (χ1) is 9.65. The summed E-state index contributed by atoms with van der Waals surface area (Å²) in [5.41, 5.74) is 0.436. The number of ketones is 1. The summed E-state index contributed by atoms with van der Waals surface area (Å²) in [6.45, 7) is 0. The second-order valence-corrected chi connectivity index (χ2v) is 3.98. The number of nitrogens with zero attached hydrogens (tertiary/aromatic N) is 2. The minimum absolute atomic E-state index is 0.107. The number of halogens is 1. The van der Waals surface area contributed by atoms with Crippen molar-refractivity contribution in [3.63, 3.8) is 0 Å². The maximum atomic E-state index is 14.0. The van der Waals surface area contributed by atoms with E-state index in [0.29, 0.717) is 0 Å². The van der Waals surface area contributed by atoms with E-state index >= 15 is 0 Å². The Bertz CT molecular complexity index is 632. The lowest BCUT2D eigenvalue weighted by Gasteiger charge is -2.07. The first kappa shape index (κ1) is 13.9. The van der Waals surface area contributed by atoms with Crippen LogP contribution in [0.5, 0.6) is 11.6 Å². The van der Waals surface area contributed by atoms with Crippen LogP contribution in [0.3, 0.4) is 0 Å².